The third-order valence-corrected chi connectivity index (χ3v) is 32.7. The van der Waals surface area contributed by atoms with E-state index in [1.54, 1.807) is 0 Å². The lowest BCUT2D eigenvalue weighted by Gasteiger charge is -2.30. The Hall–Kier alpha value is -19.3. The van der Waals surface area contributed by atoms with Gasteiger partial charge < -0.3 is 9.13 Å². The van der Waals surface area contributed by atoms with Crippen LogP contribution < -0.4 is 0 Å². The molecule has 24 aromatic carbocycles. The number of pyridine rings is 2. The van der Waals surface area contributed by atoms with Crippen LogP contribution in [0.1, 0.15) is 44.5 Å². The molecule has 0 saturated heterocycles. The Labute approximate surface area is 855 Å². The largest absolute Gasteiger partial charge is 0.309 e. The summed E-state index contributed by atoms with van der Waals surface area (Å²) in [5, 5.41) is 20.1. The van der Waals surface area contributed by atoms with Gasteiger partial charge in [0.25, 0.3) is 0 Å². The number of rotatable bonds is 10. The maximum absolute atomic E-state index is 5.85. The predicted molar refractivity (Wildman–Crippen MR) is 618 cm³/mol. The van der Waals surface area contributed by atoms with Gasteiger partial charge in [-0.1, -0.05) is 431 Å². The van der Waals surface area contributed by atoms with Crippen molar-refractivity contribution in [3.8, 4) is 145 Å². The summed E-state index contributed by atoms with van der Waals surface area (Å²) in [5.41, 5.74) is 43.9. The summed E-state index contributed by atoms with van der Waals surface area (Å²) in [6.45, 7) is 0. The number of aromatic nitrogens is 4. The molecule has 148 heavy (non-hydrogen) atoms. The van der Waals surface area contributed by atoms with Crippen molar-refractivity contribution in [1.29, 1.82) is 0 Å². The molecule has 4 aliphatic carbocycles. The van der Waals surface area contributed by atoms with Gasteiger partial charge in [-0.2, -0.15) is 0 Å². The predicted octanol–water partition coefficient (Wildman–Crippen LogP) is 37.3. The van der Waals surface area contributed by atoms with Gasteiger partial charge in [0.15, 0.2) is 0 Å². The molecular weight excluding hydrogens is 1790 g/mol. The second kappa shape index (κ2) is 32.6. The molecule has 0 amide bonds. The third kappa shape index (κ3) is 12.3. The van der Waals surface area contributed by atoms with Gasteiger partial charge in [0.2, 0.25) is 0 Å². The van der Waals surface area contributed by atoms with Crippen molar-refractivity contribution in [2.45, 2.75) is 10.8 Å². The van der Waals surface area contributed by atoms with Crippen LogP contribution in [0.15, 0.2) is 534 Å². The number of nitrogens with zero attached hydrogens (tertiary/aromatic N) is 4. The van der Waals surface area contributed by atoms with Crippen LogP contribution in [0.2, 0.25) is 0 Å². The first-order chi connectivity index (χ1) is 73.4. The zero-order valence-electron chi connectivity index (χ0n) is 80.6. The van der Waals surface area contributed by atoms with Gasteiger partial charge in [0.05, 0.1) is 55.7 Å². The summed E-state index contributed by atoms with van der Waals surface area (Å²) in [5.74, 6) is 0. The molecule has 32 rings (SSSR count). The van der Waals surface area contributed by atoms with Gasteiger partial charge in [-0.15, -0.1) is 0 Å². The molecule has 684 valence electrons. The number of hydrogen-bond acceptors (Lipinski definition) is 2. The van der Waals surface area contributed by atoms with E-state index in [9.17, 15) is 0 Å². The van der Waals surface area contributed by atoms with Crippen molar-refractivity contribution < 1.29 is 0 Å². The van der Waals surface area contributed by atoms with Gasteiger partial charge in [-0.05, 0) is 301 Å². The van der Waals surface area contributed by atoms with Crippen LogP contribution in [0.5, 0.6) is 0 Å². The van der Waals surface area contributed by atoms with Gasteiger partial charge in [0, 0.05) is 55.2 Å². The third-order valence-electron chi connectivity index (χ3n) is 32.7. The van der Waals surface area contributed by atoms with Gasteiger partial charge in [-0.3, -0.25) is 0 Å². The first-order valence-electron chi connectivity index (χ1n) is 51.4. The summed E-state index contributed by atoms with van der Waals surface area (Å²) in [4.78, 5) is 11.6. The summed E-state index contributed by atoms with van der Waals surface area (Å²) < 4.78 is 4.89. The smallest absolute Gasteiger partial charge is 0.0725 e. The Morgan fingerprint density at radius 2 is 0.385 bits per heavy atom. The molecule has 2 spiro atoms. The van der Waals surface area contributed by atoms with E-state index in [1.165, 1.54) is 197 Å². The fraction of sp³-hybridized carbons (Fsp3) is 0.0139. The lowest BCUT2D eigenvalue weighted by Crippen LogP contribution is -2.25. The summed E-state index contributed by atoms with van der Waals surface area (Å²) in [6.07, 6.45) is 0. The van der Waals surface area contributed by atoms with Crippen molar-refractivity contribution in [2.24, 2.45) is 0 Å². The zero-order valence-corrected chi connectivity index (χ0v) is 80.6. The maximum atomic E-state index is 5.85. The Morgan fingerprint density at radius 1 is 0.128 bits per heavy atom. The van der Waals surface area contributed by atoms with Crippen LogP contribution in [-0.2, 0) is 10.8 Å². The molecule has 4 heterocycles. The summed E-state index contributed by atoms with van der Waals surface area (Å²) in [6, 6.07) is 198. The van der Waals surface area contributed by atoms with Gasteiger partial charge in [-0.25, -0.2) is 9.97 Å². The first-order valence-corrected chi connectivity index (χ1v) is 51.4. The lowest BCUT2D eigenvalue weighted by atomic mass is 9.70. The minimum atomic E-state index is -0.460. The Kier molecular flexibility index (Phi) is 18.4. The first kappa shape index (κ1) is 83.4. The molecule has 0 unspecified atom stereocenters. The van der Waals surface area contributed by atoms with Crippen LogP contribution in [0.4, 0.5) is 0 Å². The Morgan fingerprint density at radius 3 is 0.770 bits per heavy atom. The highest BCUT2D eigenvalue weighted by atomic mass is 15.0. The average molecular weight is 1870 g/mol. The van der Waals surface area contributed by atoms with E-state index in [2.05, 4.69) is 543 Å². The fourth-order valence-electron chi connectivity index (χ4n) is 26.5. The lowest BCUT2D eigenvalue weighted by molar-refractivity contribution is 0.794. The highest BCUT2D eigenvalue weighted by molar-refractivity contribution is 6.28. The second-order valence-corrected chi connectivity index (χ2v) is 40.2. The second-order valence-electron chi connectivity index (χ2n) is 40.2. The molecule has 0 N–H and O–H groups in total. The molecular formula is C144H88N4. The quantitative estimate of drug-likeness (QED) is 0.128. The van der Waals surface area contributed by atoms with Gasteiger partial charge >= 0.3 is 0 Å². The Balaban J connectivity index is 0.000000134. The monoisotopic (exact) mass is 1870 g/mol. The molecule has 0 radical (unpaired) electrons. The number of fused-ring (bicyclic) bond motifs is 38. The molecule has 0 aliphatic heterocycles. The van der Waals surface area contributed by atoms with Crippen molar-refractivity contribution in [3.63, 3.8) is 0 Å². The highest BCUT2D eigenvalue weighted by Crippen LogP contribution is 2.66. The molecule has 0 bridgehead atoms. The molecule has 28 aromatic rings. The minimum absolute atomic E-state index is 0.460. The van der Waals surface area contributed by atoms with E-state index in [4.69, 9.17) is 9.97 Å². The van der Waals surface area contributed by atoms with E-state index in [0.717, 1.165) is 101 Å². The molecule has 0 fully saturated rings. The number of benzene rings is 24. The van der Waals surface area contributed by atoms with E-state index in [0.29, 0.717) is 0 Å². The Bertz CT molecular complexity index is 10100. The number of para-hydroxylation sites is 4. The van der Waals surface area contributed by atoms with Crippen molar-refractivity contribution in [3.05, 3.63) is 578 Å². The minimum Gasteiger partial charge on any atom is -0.309 e. The SMILES string of the molecule is c1ccc(-c2cc(-c3cc(-c4ccc5c6ccccc6c6ccccc6c5c4)cc(-n4c5ccccc5c5ccccc54)c3)nc(-c3ccc4c(c3)C3(c5ccccc5-c5ccccc53)c3ccccc3-4)c2)cc1.c1ccc(-c2cc(-c3cc(-c4ccc5c6ccccc6c6ccccc6c5c4)cc(-n4c5ccccc5c5ccccc54)c3)nc(-c3cccc4c3-c3ccccc3C43c4ccccc4-c4ccccc43)c2)cc1. The highest BCUT2D eigenvalue weighted by Gasteiger charge is 2.54. The van der Waals surface area contributed by atoms with Crippen molar-refractivity contribution >= 4 is 108 Å². The van der Waals surface area contributed by atoms with Crippen molar-refractivity contribution in [2.75, 3.05) is 0 Å². The summed E-state index contributed by atoms with van der Waals surface area (Å²) in [7, 11) is 0. The molecule has 4 nitrogen and oxygen atoms in total. The molecule has 0 saturated carbocycles. The fourth-order valence-corrected chi connectivity index (χ4v) is 26.5. The summed E-state index contributed by atoms with van der Waals surface area (Å²) >= 11 is 0. The van der Waals surface area contributed by atoms with E-state index < -0.39 is 10.8 Å². The van der Waals surface area contributed by atoms with E-state index >= 15 is 0 Å². The van der Waals surface area contributed by atoms with Crippen LogP contribution in [0, 0.1) is 0 Å². The standard InChI is InChI=1S/2C72H44N2/c1-2-19-45(20-3-1)48-43-67(73-68(44-48)61-30-18-34-66-71(61)60-29-10-15-33-65(60)72(66)63-31-13-8-25-56(63)57-26-9-14-32-64(57)72)49-39-47(40-50(41-49)74-69-35-16-11-27-58(69)59-28-12-17-36-70(59)74)46-37-38-55-53-23-5-4-21-51(53)52-22-6-7-24-54(52)62(55)42-46;1-2-18-45(19-3-1)49-43-68(47-35-37-60-59-26-10-15-31-66(59)72(67(60)42-47)64-29-13-8-24-57(64)58-25-9-14-30-65(58)72)73-69(44-49)50-38-48(39-51(40-50)74-70-32-16-11-27-61(70)62-28-12-17-33-71(62)74)46-34-36-56-54-22-5-4-20-52(54)53-21-6-7-23-55(53)63(56)41-46/h2*1-44H. The maximum Gasteiger partial charge on any atom is 0.0725 e. The molecule has 0 atom stereocenters. The van der Waals surface area contributed by atoms with Gasteiger partial charge in [0.1, 0.15) is 0 Å². The topological polar surface area (TPSA) is 35.6 Å². The van der Waals surface area contributed by atoms with E-state index in [-0.39, 0.29) is 0 Å². The van der Waals surface area contributed by atoms with E-state index in [1.807, 2.05) is 0 Å². The molecule has 4 heteroatoms. The van der Waals surface area contributed by atoms with Crippen molar-refractivity contribution in [1.82, 2.24) is 19.1 Å². The van der Waals surface area contributed by atoms with Crippen LogP contribution in [-0.4, -0.2) is 19.1 Å². The molecule has 4 aromatic heterocycles. The molecule has 4 aliphatic rings. The average Bonchev–Trinajstić information content (AvgIpc) is 1.51. The van der Waals surface area contributed by atoms with Crippen LogP contribution in [0.3, 0.4) is 0 Å². The van der Waals surface area contributed by atoms with Crippen LogP contribution in [0.25, 0.3) is 254 Å². The zero-order chi connectivity index (χ0) is 97.0. The van der Waals surface area contributed by atoms with Crippen LogP contribution >= 0.6 is 0 Å². The number of hydrogen-bond donors (Lipinski definition) is 0. The normalized spacial score (nSPS) is 13.0.